The summed E-state index contributed by atoms with van der Waals surface area (Å²) in [5.74, 6) is 0.537. The lowest BCUT2D eigenvalue weighted by Crippen LogP contribution is -2.15. The van der Waals surface area contributed by atoms with Crippen LogP contribution in [0.3, 0.4) is 0 Å². The monoisotopic (exact) mass is 415 g/mol. The van der Waals surface area contributed by atoms with Crippen LogP contribution in [0.2, 0.25) is 0 Å². The fourth-order valence-corrected chi connectivity index (χ4v) is 4.09. The van der Waals surface area contributed by atoms with Gasteiger partial charge in [-0.15, -0.1) is 0 Å². The minimum absolute atomic E-state index is 0.0551. The lowest BCUT2D eigenvalue weighted by Gasteiger charge is -2.15. The molecule has 0 radical (unpaired) electrons. The number of rotatable bonds is 2. The zero-order chi connectivity index (χ0) is 21.6. The Morgan fingerprint density at radius 2 is 1.70 bits per heavy atom. The van der Waals surface area contributed by atoms with Crippen molar-refractivity contribution in [2.45, 2.75) is 52.9 Å². The summed E-state index contributed by atoms with van der Waals surface area (Å²) in [7, 11) is 0. The number of ether oxygens (including phenoxy) is 1. The Bertz CT molecular complexity index is 1080. The van der Waals surface area contributed by atoms with Crippen molar-refractivity contribution in [3.63, 3.8) is 0 Å². The fraction of sp³-hybridized carbons (Fsp3) is 0.391. The second-order valence-electron chi connectivity index (χ2n) is 7.94. The molecule has 0 saturated carbocycles. The number of benzene rings is 1. The van der Waals surface area contributed by atoms with Gasteiger partial charge in [-0.05, 0) is 51.5 Å². The van der Waals surface area contributed by atoms with Crippen LogP contribution in [-0.2, 0) is 23.9 Å². The number of imidazole rings is 1. The van der Waals surface area contributed by atoms with Crippen LogP contribution in [0.15, 0.2) is 30.3 Å². The molecule has 0 N–H and O–H groups in total. The molecular formula is C23H24F3N3O. The van der Waals surface area contributed by atoms with Crippen molar-refractivity contribution in [2.75, 3.05) is 6.61 Å². The minimum Gasteiger partial charge on any atom is -0.376 e. The predicted molar refractivity (Wildman–Crippen MR) is 109 cm³/mol. The van der Waals surface area contributed by atoms with Gasteiger partial charge >= 0.3 is 6.18 Å². The van der Waals surface area contributed by atoms with Crippen molar-refractivity contribution in [2.24, 2.45) is 0 Å². The van der Waals surface area contributed by atoms with Crippen molar-refractivity contribution in [3.8, 4) is 22.6 Å². The average molecular weight is 415 g/mol. The number of hydrogen-bond acceptors (Lipinski definition) is 3. The van der Waals surface area contributed by atoms with Gasteiger partial charge in [0.1, 0.15) is 5.82 Å². The third kappa shape index (κ3) is 3.86. The minimum atomic E-state index is -4.41. The summed E-state index contributed by atoms with van der Waals surface area (Å²) in [6, 6.07) is 8.35. The molecule has 1 aromatic carbocycles. The molecule has 0 aliphatic carbocycles. The Hall–Kier alpha value is -2.67. The number of aryl methyl sites for hydroxylation is 3. The van der Waals surface area contributed by atoms with E-state index < -0.39 is 11.7 Å². The Balaban J connectivity index is 1.94. The molecule has 0 fully saturated rings. The summed E-state index contributed by atoms with van der Waals surface area (Å²) in [6.07, 6.45) is -3.82. The number of alkyl halides is 3. The second kappa shape index (κ2) is 7.54. The Labute approximate surface area is 173 Å². The normalized spacial score (nSPS) is 17.0. The van der Waals surface area contributed by atoms with Gasteiger partial charge in [-0.2, -0.15) is 13.2 Å². The molecule has 0 bridgehead atoms. The van der Waals surface area contributed by atoms with Crippen LogP contribution < -0.4 is 0 Å². The van der Waals surface area contributed by atoms with E-state index in [-0.39, 0.29) is 11.7 Å². The van der Waals surface area contributed by atoms with Gasteiger partial charge in [0.15, 0.2) is 0 Å². The molecule has 0 saturated heterocycles. The molecule has 0 unspecified atom stereocenters. The summed E-state index contributed by atoms with van der Waals surface area (Å²) in [5.41, 5.74) is 4.46. The molecule has 4 rings (SSSR count). The molecule has 2 aromatic heterocycles. The van der Waals surface area contributed by atoms with Gasteiger partial charge in [0.2, 0.25) is 0 Å². The molecule has 3 heterocycles. The van der Waals surface area contributed by atoms with Crippen molar-refractivity contribution in [1.29, 1.82) is 0 Å². The summed E-state index contributed by atoms with van der Waals surface area (Å²) >= 11 is 0. The van der Waals surface area contributed by atoms with E-state index in [0.717, 1.165) is 28.3 Å². The Morgan fingerprint density at radius 3 is 2.37 bits per heavy atom. The zero-order valence-corrected chi connectivity index (χ0v) is 17.5. The summed E-state index contributed by atoms with van der Waals surface area (Å²) in [5, 5.41) is 0. The molecule has 1 aliphatic rings. The number of fused-ring (bicyclic) bond motifs is 1. The predicted octanol–water partition coefficient (Wildman–Crippen LogP) is 5.52. The van der Waals surface area contributed by atoms with Gasteiger partial charge in [-0.25, -0.2) is 4.98 Å². The highest BCUT2D eigenvalue weighted by Crippen LogP contribution is 2.37. The molecule has 0 amide bonds. The average Bonchev–Trinajstić information content (AvgIpc) is 2.87. The van der Waals surface area contributed by atoms with Crippen LogP contribution >= 0.6 is 0 Å². The lowest BCUT2D eigenvalue weighted by atomic mass is 10.0. The van der Waals surface area contributed by atoms with Gasteiger partial charge < -0.3 is 9.30 Å². The van der Waals surface area contributed by atoms with Crippen molar-refractivity contribution >= 4 is 0 Å². The summed E-state index contributed by atoms with van der Waals surface area (Å²) in [4.78, 5) is 9.29. The molecule has 30 heavy (non-hydrogen) atoms. The van der Waals surface area contributed by atoms with Gasteiger partial charge in [-0.3, -0.25) is 4.98 Å². The number of pyridine rings is 1. The zero-order valence-electron chi connectivity index (χ0n) is 17.5. The van der Waals surface area contributed by atoms with E-state index in [1.54, 1.807) is 6.07 Å². The highest BCUT2D eigenvalue weighted by atomic mass is 19.4. The van der Waals surface area contributed by atoms with Crippen molar-refractivity contribution in [3.05, 3.63) is 58.5 Å². The highest BCUT2D eigenvalue weighted by Gasteiger charge is 2.33. The van der Waals surface area contributed by atoms with E-state index >= 15 is 0 Å². The molecule has 1 aliphatic heterocycles. The lowest BCUT2D eigenvalue weighted by molar-refractivity contribution is -0.138. The fourth-order valence-electron chi connectivity index (χ4n) is 4.09. The van der Waals surface area contributed by atoms with E-state index in [9.17, 15) is 13.2 Å². The van der Waals surface area contributed by atoms with E-state index in [0.29, 0.717) is 31.0 Å². The first kappa shape index (κ1) is 20.6. The standard InChI is InChI=1S/C23H24F3N3O/c1-13-5-6-17(11-19(13)23(24,25)26)22-28-21(18-9-14(2)27-15(3)10-18)20-7-8-30-16(4)12-29(20)22/h5-6,9-11,16H,7-8,12H2,1-4H3/t16-/m1/s1. The van der Waals surface area contributed by atoms with Crippen LogP contribution in [0, 0.1) is 20.8 Å². The molecule has 1 atom stereocenters. The topological polar surface area (TPSA) is 39.9 Å². The third-order valence-electron chi connectivity index (χ3n) is 5.41. The van der Waals surface area contributed by atoms with Crippen LogP contribution in [0.25, 0.3) is 22.6 Å². The number of hydrogen-bond donors (Lipinski definition) is 0. The molecule has 4 nitrogen and oxygen atoms in total. The van der Waals surface area contributed by atoms with Crippen LogP contribution in [0.5, 0.6) is 0 Å². The first-order valence-corrected chi connectivity index (χ1v) is 9.98. The maximum absolute atomic E-state index is 13.5. The van der Waals surface area contributed by atoms with Crippen LogP contribution in [0.4, 0.5) is 13.2 Å². The van der Waals surface area contributed by atoms with E-state index in [4.69, 9.17) is 9.72 Å². The number of nitrogens with zero attached hydrogens (tertiary/aromatic N) is 3. The second-order valence-corrected chi connectivity index (χ2v) is 7.94. The molecule has 7 heteroatoms. The molecule has 0 spiro atoms. The first-order chi connectivity index (χ1) is 14.1. The maximum atomic E-state index is 13.5. The smallest absolute Gasteiger partial charge is 0.376 e. The number of aromatic nitrogens is 3. The molecule has 3 aromatic rings. The Morgan fingerprint density at radius 1 is 1.00 bits per heavy atom. The van der Waals surface area contributed by atoms with Crippen LogP contribution in [-0.4, -0.2) is 27.2 Å². The third-order valence-corrected chi connectivity index (χ3v) is 5.41. The summed E-state index contributed by atoms with van der Waals surface area (Å²) < 4.78 is 48.4. The van der Waals surface area contributed by atoms with Crippen molar-refractivity contribution in [1.82, 2.24) is 14.5 Å². The van der Waals surface area contributed by atoms with Crippen LogP contribution in [0.1, 0.15) is 35.1 Å². The summed E-state index contributed by atoms with van der Waals surface area (Å²) in [6.45, 7) is 8.37. The first-order valence-electron chi connectivity index (χ1n) is 9.98. The largest absolute Gasteiger partial charge is 0.416 e. The quantitative estimate of drug-likeness (QED) is 0.554. The van der Waals surface area contributed by atoms with Gasteiger partial charge in [0.05, 0.1) is 30.5 Å². The maximum Gasteiger partial charge on any atom is 0.416 e. The van der Waals surface area contributed by atoms with Crippen molar-refractivity contribution < 1.29 is 17.9 Å². The SMILES string of the molecule is Cc1cc(-c2nc(-c3ccc(C)c(C(F)(F)F)c3)n3c2CCO[C@H](C)C3)cc(C)n1. The van der Waals surface area contributed by atoms with Gasteiger partial charge in [-0.1, -0.05) is 12.1 Å². The van der Waals surface area contributed by atoms with Gasteiger partial charge in [0, 0.05) is 34.6 Å². The van der Waals surface area contributed by atoms with Gasteiger partial charge in [0.25, 0.3) is 0 Å². The highest BCUT2D eigenvalue weighted by molar-refractivity contribution is 5.69. The van der Waals surface area contributed by atoms with E-state index in [1.807, 2.05) is 37.5 Å². The number of halogens is 3. The Kier molecular flexibility index (Phi) is 5.18. The van der Waals surface area contributed by atoms with E-state index in [2.05, 4.69) is 4.98 Å². The molecular weight excluding hydrogens is 391 g/mol. The molecule has 158 valence electrons. The van der Waals surface area contributed by atoms with E-state index in [1.165, 1.54) is 19.1 Å².